The fraction of sp³-hybridized carbons (Fsp3) is 0.394. The van der Waals surface area contributed by atoms with Gasteiger partial charge < -0.3 is 29.2 Å². The minimum atomic E-state index is -4.56. The van der Waals surface area contributed by atoms with Crippen LogP contribution in [0.4, 0.5) is 24.5 Å². The molecule has 45 heavy (non-hydrogen) atoms. The molecule has 1 N–H and O–H groups in total. The molecule has 0 bridgehead atoms. The van der Waals surface area contributed by atoms with E-state index in [4.69, 9.17) is 30.5 Å². The van der Waals surface area contributed by atoms with Crippen LogP contribution in [0.5, 0.6) is 17.2 Å². The van der Waals surface area contributed by atoms with Crippen LogP contribution in [-0.4, -0.2) is 44.8 Å². The van der Waals surface area contributed by atoms with Gasteiger partial charge in [-0.05, 0) is 63.4 Å². The number of nitrogens with one attached hydrogen (secondary N) is 1. The van der Waals surface area contributed by atoms with E-state index in [-0.39, 0.29) is 31.2 Å². The van der Waals surface area contributed by atoms with Crippen molar-refractivity contribution in [1.29, 1.82) is 0 Å². The smallest absolute Gasteiger partial charge is 0.416 e. The van der Waals surface area contributed by atoms with Gasteiger partial charge in [0.25, 0.3) is 5.91 Å². The fourth-order valence-corrected chi connectivity index (χ4v) is 5.12. The SMILES string of the molecule is COc1cc(NC(C(=O)N2CCc3ccc(C(F)(F)F)cc32)c2ccc(Cl)cc2OC)cc(OCCCC(=O)OC(C)(C)C)c1. The lowest BCUT2D eigenvalue weighted by Gasteiger charge is -2.27. The third-order valence-electron chi connectivity index (χ3n) is 6.97. The standard InChI is InChI=1S/C33H36ClF3N2O6/c1-32(2,3)45-29(40)7-6-14-44-25-18-23(17-24(19-25)42-4)38-30(26-11-10-22(34)16-28(26)43-5)31(41)39-13-12-20-8-9-21(15-27(20)39)33(35,36)37/h8-11,15-19,30,38H,6-7,12-14H2,1-5H3. The molecule has 242 valence electrons. The van der Waals surface area contributed by atoms with Crippen molar-refractivity contribution in [2.75, 3.05) is 37.6 Å². The number of benzene rings is 3. The summed E-state index contributed by atoms with van der Waals surface area (Å²) in [6.07, 6.45) is -3.57. The first-order chi connectivity index (χ1) is 21.2. The van der Waals surface area contributed by atoms with Gasteiger partial charge >= 0.3 is 12.1 Å². The van der Waals surface area contributed by atoms with Crippen LogP contribution < -0.4 is 24.4 Å². The minimum absolute atomic E-state index is 0.173. The highest BCUT2D eigenvalue weighted by Gasteiger charge is 2.36. The molecule has 8 nitrogen and oxygen atoms in total. The second-order valence-electron chi connectivity index (χ2n) is 11.5. The maximum atomic E-state index is 14.2. The third-order valence-corrected chi connectivity index (χ3v) is 7.20. The number of rotatable bonds is 11. The van der Waals surface area contributed by atoms with E-state index in [9.17, 15) is 22.8 Å². The van der Waals surface area contributed by atoms with Gasteiger partial charge in [-0.25, -0.2) is 0 Å². The topological polar surface area (TPSA) is 86.3 Å². The number of methoxy groups -OCH3 is 2. The van der Waals surface area contributed by atoms with E-state index in [0.717, 1.165) is 12.1 Å². The Hall–Kier alpha value is -4.12. The van der Waals surface area contributed by atoms with Crippen molar-refractivity contribution in [2.45, 2.75) is 57.9 Å². The number of hydrogen-bond acceptors (Lipinski definition) is 7. The molecule has 12 heteroatoms. The van der Waals surface area contributed by atoms with Crippen molar-refractivity contribution >= 4 is 34.9 Å². The Bertz CT molecular complexity index is 1540. The summed E-state index contributed by atoms with van der Waals surface area (Å²) in [5.74, 6) is 0.340. The zero-order chi connectivity index (χ0) is 32.9. The number of fused-ring (bicyclic) bond motifs is 1. The van der Waals surface area contributed by atoms with Crippen LogP contribution in [0.3, 0.4) is 0 Å². The first-order valence-electron chi connectivity index (χ1n) is 14.3. The molecule has 0 spiro atoms. The van der Waals surface area contributed by atoms with Crippen LogP contribution in [0.25, 0.3) is 0 Å². The van der Waals surface area contributed by atoms with Gasteiger partial charge in [0.1, 0.15) is 28.9 Å². The van der Waals surface area contributed by atoms with Gasteiger partial charge in [0.2, 0.25) is 0 Å². The monoisotopic (exact) mass is 648 g/mol. The van der Waals surface area contributed by atoms with E-state index >= 15 is 0 Å². The molecule has 1 atom stereocenters. The van der Waals surface area contributed by atoms with Crippen LogP contribution in [-0.2, 0) is 26.9 Å². The summed E-state index contributed by atoms with van der Waals surface area (Å²) < 4.78 is 62.9. The zero-order valence-corrected chi connectivity index (χ0v) is 26.5. The number of carbonyl (C=O) groups excluding carboxylic acids is 2. The van der Waals surface area contributed by atoms with Crippen molar-refractivity contribution in [3.05, 3.63) is 76.3 Å². The number of halogens is 4. The molecular weight excluding hydrogens is 613 g/mol. The summed E-state index contributed by atoms with van der Waals surface area (Å²) in [4.78, 5) is 27.6. The molecule has 1 heterocycles. The van der Waals surface area contributed by atoms with Crippen LogP contribution in [0, 0.1) is 0 Å². The van der Waals surface area contributed by atoms with Crippen LogP contribution in [0.15, 0.2) is 54.6 Å². The largest absolute Gasteiger partial charge is 0.497 e. The van der Waals surface area contributed by atoms with Gasteiger partial charge in [0, 0.05) is 53.1 Å². The Morgan fingerprint density at radius 3 is 2.38 bits per heavy atom. The number of amides is 1. The highest BCUT2D eigenvalue weighted by molar-refractivity contribution is 6.30. The van der Waals surface area contributed by atoms with Gasteiger partial charge in [-0.3, -0.25) is 9.59 Å². The Labute approximate surface area is 265 Å². The van der Waals surface area contributed by atoms with E-state index < -0.39 is 29.3 Å². The number of ether oxygens (including phenoxy) is 4. The molecule has 0 saturated heterocycles. The Balaban J connectivity index is 1.63. The van der Waals surface area contributed by atoms with E-state index in [1.165, 1.54) is 25.2 Å². The number of anilines is 2. The number of hydrogen-bond donors (Lipinski definition) is 1. The number of esters is 1. The minimum Gasteiger partial charge on any atom is -0.497 e. The predicted octanol–water partition coefficient (Wildman–Crippen LogP) is 7.62. The van der Waals surface area contributed by atoms with E-state index in [0.29, 0.717) is 51.9 Å². The van der Waals surface area contributed by atoms with E-state index in [2.05, 4.69) is 5.32 Å². The third kappa shape index (κ3) is 8.75. The van der Waals surface area contributed by atoms with Crippen molar-refractivity contribution in [3.63, 3.8) is 0 Å². The summed E-state index contributed by atoms with van der Waals surface area (Å²) >= 11 is 6.20. The average Bonchev–Trinajstić information content (AvgIpc) is 3.40. The predicted molar refractivity (Wildman–Crippen MR) is 165 cm³/mol. The quantitative estimate of drug-likeness (QED) is 0.169. The fourth-order valence-electron chi connectivity index (χ4n) is 4.96. The number of nitrogens with zero attached hydrogens (tertiary/aromatic N) is 1. The average molecular weight is 649 g/mol. The van der Waals surface area contributed by atoms with E-state index in [1.54, 1.807) is 57.2 Å². The molecule has 0 aromatic heterocycles. The molecule has 1 amide bonds. The Morgan fingerprint density at radius 2 is 1.71 bits per heavy atom. The Kier molecular flexibility index (Phi) is 10.4. The van der Waals surface area contributed by atoms with Gasteiger partial charge in [-0.1, -0.05) is 23.7 Å². The molecule has 1 aliphatic rings. The van der Waals surface area contributed by atoms with Crippen LogP contribution >= 0.6 is 11.6 Å². The van der Waals surface area contributed by atoms with E-state index in [1.807, 2.05) is 0 Å². The van der Waals surface area contributed by atoms with Gasteiger partial charge in [-0.15, -0.1) is 0 Å². The van der Waals surface area contributed by atoms with Gasteiger partial charge in [0.15, 0.2) is 0 Å². The highest BCUT2D eigenvalue weighted by Crippen LogP contribution is 2.40. The lowest BCUT2D eigenvalue weighted by atomic mass is 10.0. The molecular formula is C33H36ClF3N2O6. The molecule has 3 aromatic rings. The van der Waals surface area contributed by atoms with Crippen molar-refractivity contribution in [3.8, 4) is 17.2 Å². The molecule has 0 fully saturated rings. The second kappa shape index (κ2) is 13.9. The second-order valence-corrected chi connectivity index (χ2v) is 11.9. The summed E-state index contributed by atoms with van der Waals surface area (Å²) in [5, 5.41) is 3.60. The van der Waals surface area contributed by atoms with Crippen molar-refractivity contribution in [1.82, 2.24) is 0 Å². The molecule has 1 unspecified atom stereocenters. The number of alkyl halides is 3. The molecule has 0 saturated carbocycles. The van der Waals surface area contributed by atoms with Gasteiger partial charge in [0.05, 0.1) is 26.4 Å². The molecule has 1 aliphatic heterocycles. The zero-order valence-electron chi connectivity index (χ0n) is 25.7. The lowest BCUT2D eigenvalue weighted by molar-refractivity contribution is -0.155. The molecule has 0 radical (unpaired) electrons. The maximum absolute atomic E-state index is 14.2. The summed E-state index contributed by atoms with van der Waals surface area (Å²) in [6, 6.07) is 12.1. The summed E-state index contributed by atoms with van der Waals surface area (Å²) in [7, 11) is 2.92. The lowest BCUT2D eigenvalue weighted by Crippen LogP contribution is -2.37. The van der Waals surface area contributed by atoms with Crippen LogP contribution in [0.2, 0.25) is 5.02 Å². The highest BCUT2D eigenvalue weighted by atomic mass is 35.5. The summed E-state index contributed by atoms with van der Waals surface area (Å²) in [5.41, 5.74) is 0.293. The first kappa shape index (κ1) is 33.8. The molecule has 4 rings (SSSR count). The summed E-state index contributed by atoms with van der Waals surface area (Å²) in [6.45, 7) is 5.81. The maximum Gasteiger partial charge on any atom is 0.416 e. The molecule has 0 aliphatic carbocycles. The van der Waals surface area contributed by atoms with Gasteiger partial charge in [-0.2, -0.15) is 13.2 Å². The number of carbonyl (C=O) groups is 2. The van der Waals surface area contributed by atoms with Crippen LogP contribution in [0.1, 0.15) is 56.3 Å². The Morgan fingerprint density at radius 1 is 0.978 bits per heavy atom. The van der Waals surface area contributed by atoms with Crippen molar-refractivity contribution in [2.24, 2.45) is 0 Å². The van der Waals surface area contributed by atoms with Crippen molar-refractivity contribution < 1.29 is 41.7 Å². The molecule has 3 aromatic carbocycles. The first-order valence-corrected chi connectivity index (χ1v) is 14.7. The normalized spacial score (nSPS) is 13.6.